The van der Waals surface area contributed by atoms with Gasteiger partial charge >= 0.3 is 12.1 Å². The topological polar surface area (TPSA) is 69.6 Å². The summed E-state index contributed by atoms with van der Waals surface area (Å²) in [5.74, 6) is -2.34. The minimum Gasteiger partial charge on any atom is -0.480 e. The number of carbonyl (C=O) groups is 2. The highest BCUT2D eigenvalue weighted by molar-refractivity contribution is 6.32. The van der Waals surface area contributed by atoms with Crippen LogP contribution in [-0.2, 0) is 11.0 Å². The van der Waals surface area contributed by atoms with Crippen LogP contribution in [0.4, 0.5) is 18.9 Å². The third-order valence-electron chi connectivity index (χ3n) is 6.35. The molecule has 0 heterocycles. The molecular weight excluding hydrogens is 505 g/mol. The number of rotatable bonds is 7. The fraction of sp³-hybridized carbons (Fsp3) is 0.286. The largest absolute Gasteiger partial charge is 0.480 e. The van der Waals surface area contributed by atoms with Crippen LogP contribution in [0.5, 0.6) is 0 Å². The van der Waals surface area contributed by atoms with E-state index in [-0.39, 0.29) is 11.6 Å². The van der Waals surface area contributed by atoms with E-state index in [1.807, 2.05) is 39.0 Å². The van der Waals surface area contributed by atoms with Gasteiger partial charge in [0.25, 0.3) is 5.91 Å². The Morgan fingerprint density at radius 3 is 2.14 bits per heavy atom. The molecule has 0 bridgehead atoms. The number of benzene rings is 3. The van der Waals surface area contributed by atoms with Crippen LogP contribution < -0.4 is 5.32 Å². The summed E-state index contributed by atoms with van der Waals surface area (Å²) in [6, 6.07) is 13.0. The number of hydrogen-bond donors (Lipinski definition) is 2. The summed E-state index contributed by atoms with van der Waals surface area (Å²) in [7, 11) is 1.16. The van der Waals surface area contributed by atoms with Crippen LogP contribution in [-0.4, -0.2) is 35.0 Å². The van der Waals surface area contributed by atoms with Crippen molar-refractivity contribution in [3.8, 4) is 11.1 Å². The van der Waals surface area contributed by atoms with E-state index < -0.39 is 35.2 Å². The second kappa shape index (κ2) is 10.8. The molecule has 2 N–H and O–H groups in total. The average Bonchev–Trinajstić information content (AvgIpc) is 2.84. The van der Waals surface area contributed by atoms with E-state index in [0.717, 1.165) is 40.8 Å². The zero-order valence-electron chi connectivity index (χ0n) is 21.1. The number of hydrogen-bond acceptors (Lipinski definition) is 3. The Kier molecular flexibility index (Phi) is 8.22. The van der Waals surface area contributed by atoms with Gasteiger partial charge in [-0.1, -0.05) is 41.9 Å². The van der Waals surface area contributed by atoms with Crippen LogP contribution in [0.25, 0.3) is 11.1 Å². The molecule has 0 aromatic heterocycles. The number of amides is 1. The summed E-state index contributed by atoms with van der Waals surface area (Å²) in [5, 5.41) is 13.2. The Hall–Kier alpha value is -3.52. The second-order valence-corrected chi connectivity index (χ2v) is 9.48. The Bertz CT molecular complexity index is 1320. The minimum atomic E-state index is -4.82. The first-order valence-corrected chi connectivity index (χ1v) is 11.9. The molecule has 3 rings (SSSR count). The van der Waals surface area contributed by atoms with Crippen molar-refractivity contribution >= 4 is 29.2 Å². The van der Waals surface area contributed by atoms with Crippen LogP contribution in [0.3, 0.4) is 0 Å². The van der Waals surface area contributed by atoms with Crippen molar-refractivity contribution in [3.05, 3.63) is 87.4 Å². The van der Waals surface area contributed by atoms with Crippen molar-refractivity contribution in [2.75, 3.05) is 12.4 Å². The number of alkyl halides is 3. The van der Waals surface area contributed by atoms with Crippen LogP contribution >= 0.6 is 11.6 Å². The molecule has 3 aromatic rings. The molecule has 1 amide bonds. The van der Waals surface area contributed by atoms with Crippen molar-refractivity contribution in [1.29, 1.82) is 0 Å². The normalized spacial score (nSPS) is 13.1. The number of halogens is 4. The Balaban J connectivity index is 1.94. The zero-order valence-corrected chi connectivity index (χ0v) is 21.8. The number of nitrogens with one attached hydrogen (secondary N) is 1. The number of aliphatic carboxylic acids is 1. The highest BCUT2D eigenvalue weighted by Crippen LogP contribution is 2.36. The van der Waals surface area contributed by atoms with E-state index in [4.69, 9.17) is 16.7 Å². The molecule has 0 aliphatic heterocycles. The van der Waals surface area contributed by atoms with Gasteiger partial charge in [0, 0.05) is 23.8 Å². The monoisotopic (exact) mass is 532 g/mol. The van der Waals surface area contributed by atoms with Crippen LogP contribution in [0, 0.1) is 13.8 Å². The first-order chi connectivity index (χ1) is 17.2. The Morgan fingerprint density at radius 1 is 0.973 bits per heavy atom. The molecule has 0 aliphatic carbocycles. The second-order valence-electron chi connectivity index (χ2n) is 9.10. The lowest BCUT2D eigenvalue weighted by Gasteiger charge is -2.23. The number of anilines is 1. The summed E-state index contributed by atoms with van der Waals surface area (Å²) < 4.78 is 41.9. The average molecular weight is 533 g/mol. The van der Waals surface area contributed by atoms with Crippen LogP contribution in [0.15, 0.2) is 54.6 Å². The van der Waals surface area contributed by atoms with Gasteiger partial charge < -0.3 is 15.3 Å². The minimum absolute atomic E-state index is 0.0950. The van der Waals surface area contributed by atoms with Crippen molar-refractivity contribution in [1.82, 2.24) is 4.90 Å². The lowest BCUT2D eigenvalue weighted by molar-refractivity contribution is -0.141. The van der Waals surface area contributed by atoms with Crippen LogP contribution in [0.2, 0.25) is 5.02 Å². The molecule has 0 fully saturated rings. The molecule has 2 atom stereocenters. The summed E-state index contributed by atoms with van der Waals surface area (Å²) in [6.07, 6.45) is -4.82. The number of carbonyl (C=O) groups excluding carboxylic acids is 1. The molecule has 0 radical (unpaired) electrons. The van der Waals surface area contributed by atoms with E-state index in [2.05, 4.69) is 5.32 Å². The number of nitrogens with zero attached hydrogens (tertiary/aromatic N) is 1. The summed E-state index contributed by atoms with van der Waals surface area (Å²) in [4.78, 5) is 24.7. The van der Waals surface area contributed by atoms with E-state index in [1.165, 1.54) is 13.0 Å². The molecule has 37 heavy (non-hydrogen) atoms. The highest BCUT2D eigenvalue weighted by atomic mass is 35.5. The van der Waals surface area contributed by atoms with Gasteiger partial charge in [0.15, 0.2) is 0 Å². The maximum Gasteiger partial charge on any atom is 0.417 e. The fourth-order valence-corrected chi connectivity index (χ4v) is 4.14. The van der Waals surface area contributed by atoms with Gasteiger partial charge in [0.1, 0.15) is 6.04 Å². The predicted molar refractivity (Wildman–Crippen MR) is 139 cm³/mol. The maximum atomic E-state index is 14.0. The number of likely N-dealkylation sites (N-methyl/N-ethyl adjacent to an activating group) is 1. The molecule has 3 aromatic carbocycles. The first-order valence-electron chi connectivity index (χ1n) is 11.6. The Labute approximate surface area is 218 Å². The van der Waals surface area contributed by atoms with Gasteiger partial charge in [0.2, 0.25) is 0 Å². The van der Waals surface area contributed by atoms with Crippen molar-refractivity contribution < 1.29 is 27.9 Å². The van der Waals surface area contributed by atoms with Gasteiger partial charge in [0.05, 0.1) is 11.1 Å². The molecule has 9 heteroatoms. The highest BCUT2D eigenvalue weighted by Gasteiger charge is 2.37. The SMILES string of the molecule is Cc1cc(C(C)Nc2cccc(-c3ccc(C(=O)N(C)C(C)C(=O)O)c(C(F)(F)F)c3)c2)cc(C)c1Cl. The smallest absolute Gasteiger partial charge is 0.417 e. The third kappa shape index (κ3) is 6.25. The lowest BCUT2D eigenvalue weighted by atomic mass is 9.97. The van der Waals surface area contributed by atoms with Gasteiger partial charge in [-0.25, -0.2) is 4.79 Å². The zero-order chi connectivity index (χ0) is 27.7. The van der Waals surface area contributed by atoms with E-state index in [9.17, 15) is 22.8 Å². The number of carboxylic acid groups (broad SMARTS) is 1. The summed E-state index contributed by atoms with van der Waals surface area (Å²) in [6.45, 7) is 7.07. The van der Waals surface area contributed by atoms with E-state index >= 15 is 0 Å². The molecule has 0 saturated heterocycles. The van der Waals surface area contributed by atoms with Crippen LogP contribution in [0.1, 0.15) is 52.5 Å². The van der Waals surface area contributed by atoms with Crippen molar-refractivity contribution in [2.45, 2.75) is 46.0 Å². The molecule has 0 saturated carbocycles. The van der Waals surface area contributed by atoms with E-state index in [1.54, 1.807) is 18.2 Å². The molecule has 5 nitrogen and oxygen atoms in total. The Morgan fingerprint density at radius 2 is 1.57 bits per heavy atom. The first kappa shape index (κ1) is 28.1. The molecule has 196 valence electrons. The van der Waals surface area contributed by atoms with Gasteiger partial charge in [-0.05, 0) is 79.8 Å². The lowest BCUT2D eigenvalue weighted by Crippen LogP contribution is -2.40. The van der Waals surface area contributed by atoms with Gasteiger partial charge in [-0.2, -0.15) is 13.2 Å². The standard InChI is InChI=1S/C28H28ClF3N2O3/c1-15-11-21(12-16(2)25(15)29)17(3)33-22-8-6-7-19(13-22)20-9-10-23(24(14-20)28(30,31)32)26(35)34(5)18(4)27(36)37/h6-14,17-18,33H,1-5H3,(H,36,37). The number of aryl methyl sites for hydroxylation is 2. The third-order valence-corrected chi connectivity index (χ3v) is 6.95. The summed E-state index contributed by atoms with van der Waals surface area (Å²) >= 11 is 6.27. The fourth-order valence-electron chi connectivity index (χ4n) is 4.03. The molecule has 0 spiro atoms. The molecular formula is C28H28ClF3N2O3. The molecule has 2 unspecified atom stereocenters. The maximum absolute atomic E-state index is 14.0. The van der Waals surface area contributed by atoms with E-state index in [0.29, 0.717) is 16.3 Å². The predicted octanol–water partition coefficient (Wildman–Crippen LogP) is 7.36. The number of carboxylic acids is 1. The quantitative estimate of drug-likeness (QED) is 0.333. The van der Waals surface area contributed by atoms with Crippen molar-refractivity contribution in [2.24, 2.45) is 0 Å². The van der Waals surface area contributed by atoms with Gasteiger partial charge in [-0.15, -0.1) is 0 Å². The van der Waals surface area contributed by atoms with Gasteiger partial charge in [-0.3, -0.25) is 4.79 Å². The molecule has 0 aliphatic rings. The van der Waals surface area contributed by atoms with Crippen molar-refractivity contribution in [3.63, 3.8) is 0 Å². The summed E-state index contributed by atoms with van der Waals surface area (Å²) in [5.41, 5.74) is 2.70.